The van der Waals surface area contributed by atoms with E-state index in [2.05, 4.69) is 29.2 Å². The van der Waals surface area contributed by atoms with E-state index < -0.39 is 0 Å². The topological polar surface area (TPSA) is 55.2 Å². The second kappa shape index (κ2) is 7.97. The average molecular weight is 375 g/mol. The maximum atomic E-state index is 12.8. The Morgan fingerprint density at radius 3 is 2.46 bits per heavy atom. The van der Waals surface area contributed by atoms with Crippen molar-refractivity contribution in [3.8, 4) is 0 Å². The summed E-state index contributed by atoms with van der Waals surface area (Å²) in [6, 6.07) is 17.8. The van der Waals surface area contributed by atoms with Crippen molar-refractivity contribution in [2.45, 2.75) is 32.7 Å². The van der Waals surface area contributed by atoms with Gasteiger partial charge in [-0.3, -0.25) is 14.2 Å². The summed E-state index contributed by atoms with van der Waals surface area (Å²) in [7, 11) is 0. The number of carbonyl (C=O) groups is 1. The zero-order valence-electron chi connectivity index (χ0n) is 16.2. The third-order valence-electron chi connectivity index (χ3n) is 5.68. The maximum absolute atomic E-state index is 12.8. The van der Waals surface area contributed by atoms with Crippen LogP contribution >= 0.6 is 0 Å². The van der Waals surface area contributed by atoms with Gasteiger partial charge >= 0.3 is 0 Å². The fraction of sp³-hybridized carbons (Fsp3) is 0.348. The molecule has 0 bridgehead atoms. The van der Waals surface area contributed by atoms with Gasteiger partial charge in [0.25, 0.3) is 5.56 Å². The van der Waals surface area contributed by atoms with Gasteiger partial charge in [0, 0.05) is 13.1 Å². The van der Waals surface area contributed by atoms with E-state index in [0.717, 1.165) is 32.4 Å². The van der Waals surface area contributed by atoms with Crippen molar-refractivity contribution in [2.75, 3.05) is 13.1 Å². The molecule has 0 saturated carbocycles. The Hall–Kier alpha value is -2.95. The lowest BCUT2D eigenvalue weighted by molar-refractivity contribution is -0.133. The number of piperidine rings is 1. The number of aromatic nitrogens is 2. The van der Waals surface area contributed by atoms with Crippen molar-refractivity contribution >= 4 is 16.8 Å². The van der Waals surface area contributed by atoms with Crippen LogP contribution in [0.1, 0.15) is 24.2 Å². The summed E-state index contributed by atoms with van der Waals surface area (Å²) in [6.45, 7) is 3.36. The first-order chi connectivity index (χ1) is 13.6. The molecule has 5 heteroatoms. The minimum absolute atomic E-state index is 0.000409. The highest BCUT2D eigenvalue weighted by atomic mass is 16.2. The molecular weight excluding hydrogens is 350 g/mol. The van der Waals surface area contributed by atoms with Gasteiger partial charge in [0.1, 0.15) is 12.4 Å². The summed E-state index contributed by atoms with van der Waals surface area (Å²) in [4.78, 5) is 32.0. The molecule has 5 nitrogen and oxygen atoms in total. The van der Waals surface area contributed by atoms with Crippen LogP contribution in [0, 0.1) is 12.8 Å². The molecule has 4 rings (SSSR count). The minimum atomic E-state index is -0.143. The SMILES string of the molecule is Cc1nc2ccccc2c(=O)n1CC(=O)N1CCC(Cc2ccccc2)CC1. The Kier molecular flexibility index (Phi) is 5.24. The third kappa shape index (κ3) is 3.84. The highest BCUT2D eigenvalue weighted by Crippen LogP contribution is 2.22. The molecule has 1 amide bonds. The molecule has 1 fully saturated rings. The van der Waals surface area contributed by atoms with E-state index in [1.165, 1.54) is 10.1 Å². The number of aryl methyl sites for hydroxylation is 1. The van der Waals surface area contributed by atoms with Crippen molar-refractivity contribution in [1.82, 2.24) is 14.5 Å². The molecule has 0 spiro atoms. The maximum Gasteiger partial charge on any atom is 0.261 e. The number of fused-ring (bicyclic) bond motifs is 1. The van der Waals surface area contributed by atoms with E-state index in [1.807, 2.05) is 29.2 Å². The van der Waals surface area contributed by atoms with E-state index in [-0.39, 0.29) is 18.0 Å². The molecule has 144 valence electrons. The van der Waals surface area contributed by atoms with Gasteiger partial charge in [0.05, 0.1) is 10.9 Å². The first-order valence-electron chi connectivity index (χ1n) is 9.89. The number of hydrogen-bond donors (Lipinski definition) is 0. The fourth-order valence-electron chi connectivity index (χ4n) is 4.03. The lowest BCUT2D eigenvalue weighted by Gasteiger charge is -2.32. The molecule has 1 saturated heterocycles. The van der Waals surface area contributed by atoms with Crippen LogP contribution in [0.15, 0.2) is 59.4 Å². The first-order valence-corrected chi connectivity index (χ1v) is 9.89. The van der Waals surface area contributed by atoms with Crippen molar-refractivity contribution in [3.05, 3.63) is 76.3 Å². The van der Waals surface area contributed by atoms with Crippen LogP contribution in [0.3, 0.4) is 0 Å². The number of hydrogen-bond acceptors (Lipinski definition) is 3. The summed E-state index contributed by atoms with van der Waals surface area (Å²) in [5.74, 6) is 1.19. The largest absolute Gasteiger partial charge is 0.341 e. The highest BCUT2D eigenvalue weighted by Gasteiger charge is 2.24. The van der Waals surface area contributed by atoms with Crippen molar-refractivity contribution < 1.29 is 4.79 Å². The predicted molar refractivity (Wildman–Crippen MR) is 110 cm³/mol. The molecule has 0 atom stereocenters. The van der Waals surface area contributed by atoms with Gasteiger partial charge in [-0.25, -0.2) is 4.98 Å². The Balaban J connectivity index is 1.41. The van der Waals surface area contributed by atoms with Crippen LogP contribution in [-0.2, 0) is 17.8 Å². The smallest absolute Gasteiger partial charge is 0.261 e. The van der Waals surface area contributed by atoms with Crippen molar-refractivity contribution in [2.24, 2.45) is 5.92 Å². The van der Waals surface area contributed by atoms with Crippen LogP contribution in [-0.4, -0.2) is 33.4 Å². The van der Waals surface area contributed by atoms with Crippen molar-refractivity contribution in [1.29, 1.82) is 0 Å². The van der Waals surface area contributed by atoms with Gasteiger partial charge in [-0.05, 0) is 49.8 Å². The Morgan fingerprint density at radius 1 is 1.04 bits per heavy atom. The quantitative estimate of drug-likeness (QED) is 0.704. The van der Waals surface area contributed by atoms with E-state index >= 15 is 0 Å². The van der Waals surface area contributed by atoms with Crippen LogP contribution in [0.4, 0.5) is 0 Å². The number of rotatable bonds is 4. The molecule has 0 N–H and O–H groups in total. The van der Waals surface area contributed by atoms with E-state index in [4.69, 9.17) is 0 Å². The second-order valence-electron chi connectivity index (χ2n) is 7.58. The second-order valence-corrected chi connectivity index (χ2v) is 7.58. The van der Waals surface area contributed by atoms with Crippen LogP contribution in [0.25, 0.3) is 10.9 Å². The third-order valence-corrected chi connectivity index (χ3v) is 5.68. The van der Waals surface area contributed by atoms with E-state index in [1.54, 1.807) is 13.0 Å². The van der Waals surface area contributed by atoms with Gasteiger partial charge in [-0.2, -0.15) is 0 Å². The number of carbonyl (C=O) groups excluding carboxylic acids is 1. The number of para-hydroxylation sites is 1. The molecule has 0 radical (unpaired) electrons. The molecule has 2 heterocycles. The summed E-state index contributed by atoms with van der Waals surface area (Å²) >= 11 is 0. The van der Waals surface area contributed by atoms with Crippen LogP contribution in [0.2, 0.25) is 0 Å². The standard InChI is InChI=1S/C23H25N3O2/c1-17-24-21-10-6-5-9-20(21)23(28)26(17)16-22(27)25-13-11-19(12-14-25)15-18-7-3-2-4-8-18/h2-10,19H,11-16H2,1H3. The van der Waals surface area contributed by atoms with Crippen LogP contribution < -0.4 is 5.56 Å². The van der Waals surface area contributed by atoms with Crippen molar-refractivity contribution in [3.63, 3.8) is 0 Å². The van der Waals surface area contributed by atoms with Crippen LogP contribution in [0.5, 0.6) is 0 Å². The number of amides is 1. The van der Waals surface area contributed by atoms with E-state index in [0.29, 0.717) is 22.6 Å². The Bertz CT molecular complexity index is 1030. The van der Waals surface area contributed by atoms with Gasteiger partial charge in [0.15, 0.2) is 0 Å². The number of nitrogens with zero attached hydrogens (tertiary/aromatic N) is 3. The predicted octanol–water partition coefficient (Wildman–Crippen LogP) is 3.19. The fourth-order valence-corrected chi connectivity index (χ4v) is 4.03. The van der Waals surface area contributed by atoms with Gasteiger partial charge in [0.2, 0.25) is 5.91 Å². The number of benzene rings is 2. The molecule has 3 aromatic rings. The molecule has 0 aliphatic carbocycles. The Labute approximate surface area is 164 Å². The Morgan fingerprint density at radius 2 is 1.71 bits per heavy atom. The monoisotopic (exact) mass is 375 g/mol. The number of likely N-dealkylation sites (tertiary alicyclic amines) is 1. The molecule has 1 aliphatic heterocycles. The molecule has 1 aromatic heterocycles. The first kappa shape index (κ1) is 18.4. The van der Waals surface area contributed by atoms with Gasteiger partial charge < -0.3 is 4.90 Å². The summed E-state index contributed by atoms with van der Waals surface area (Å²) in [6.07, 6.45) is 3.07. The minimum Gasteiger partial charge on any atom is -0.341 e. The summed E-state index contributed by atoms with van der Waals surface area (Å²) in [5, 5.41) is 0.558. The molecule has 2 aromatic carbocycles. The molecule has 1 aliphatic rings. The zero-order valence-corrected chi connectivity index (χ0v) is 16.2. The lowest BCUT2D eigenvalue weighted by Crippen LogP contribution is -2.42. The normalized spacial score (nSPS) is 15.1. The average Bonchev–Trinajstić information content (AvgIpc) is 2.72. The van der Waals surface area contributed by atoms with E-state index in [9.17, 15) is 9.59 Å². The van der Waals surface area contributed by atoms with Gasteiger partial charge in [-0.1, -0.05) is 42.5 Å². The lowest BCUT2D eigenvalue weighted by atomic mass is 9.90. The zero-order chi connectivity index (χ0) is 19.5. The molecular formula is C23H25N3O2. The summed E-state index contributed by atoms with van der Waals surface area (Å²) < 4.78 is 1.50. The highest BCUT2D eigenvalue weighted by molar-refractivity contribution is 5.79. The van der Waals surface area contributed by atoms with Gasteiger partial charge in [-0.15, -0.1) is 0 Å². The molecule has 0 unspecified atom stereocenters. The molecule has 28 heavy (non-hydrogen) atoms. The summed E-state index contributed by atoms with van der Waals surface area (Å²) in [5.41, 5.74) is 1.89.